The van der Waals surface area contributed by atoms with Gasteiger partial charge in [-0.3, -0.25) is 4.68 Å². The molecule has 1 aliphatic heterocycles. The van der Waals surface area contributed by atoms with Crippen LogP contribution in [0.2, 0.25) is 0 Å². The molecule has 22 heavy (non-hydrogen) atoms. The molecule has 5 heteroatoms. The summed E-state index contributed by atoms with van der Waals surface area (Å²) in [6, 6.07) is 8.24. The Bertz CT molecular complexity index is 607. The lowest BCUT2D eigenvalue weighted by Gasteiger charge is -2.16. The Morgan fingerprint density at radius 3 is 3.00 bits per heavy atom. The highest BCUT2D eigenvalue weighted by atomic mass is 15.3. The highest BCUT2D eigenvalue weighted by Crippen LogP contribution is 2.17. The molecule has 0 radical (unpaired) electrons. The van der Waals surface area contributed by atoms with E-state index in [1.807, 2.05) is 37.0 Å². The zero-order valence-electron chi connectivity index (χ0n) is 13.5. The summed E-state index contributed by atoms with van der Waals surface area (Å²) in [5.74, 6) is 1.71. The molecule has 1 saturated heterocycles. The number of nitrogens with zero attached hydrogens (tertiary/aromatic N) is 4. The molecule has 0 spiro atoms. The van der Waals surface area contributed by atoms with Crippen molar-refractivity contribution in [2.75, 3.05) is 31.5 Å². The second-order valence-corrected chi connectivity index (χ2v) is 6.20. The third kappa shape index (κ3) is 3.85. The van der Waals surface area contributed by atoms with E-state index in [1.165, 1.54) is 25.2 Å². The molecule has 3 heterocycles. The predicted octanol–water partition coefficient (Wildman–Crippen LogP) is 2.10. The van der Waals surface area contributed by atoms with Crippen molar-refractivity contribution in [1.29, 1.82) is 0 Å². The highest BCUT2D eigenvalue weighted by molar-refractivity contribution is 5.35. The van der Waals surface area contributed by atoms with Crippen molar-refractivity contribution < 1.29 is 0 Å². The largest absolute Gasteiger partial charge is 0.370 e. The number of anilines is 1. The molecule has 1 N–H and O–H groups in total. The van der Waals surface area contributed by atoms with Gasteiger partial charge in [-0.25, -0.2) is 4.98 Å². The van der Waals surface area contributed by atoms with Crippen molar-refractivity contribution in [3.05, 3.63) is 41.9 Å². The van der Waals surface area contributed by atoms with Gasteiger partial charge in [0.1, 0.15) is 5.82 Å². The van der Waals surface area contributed by atoms with Gasteiger partial charge in [-0.05, 0) is 44.0 Å². The minimum absolute atomic E-state index is 0.717. The van der Waals surface area contributed by atoms with Gasteiger partial charge < -0.3 is 10.2 Å². The van der Waals surface area contributed by atoms with Crippen LogP contribution in [-0.4, -0.2) is 45.8 Å². The summed E-state index contributed by atoms with van der Waals surface area (Å²) in [5.41, 5.74) is 2.37. The lowest BCUT2D eigenvalue weighted by Crippen LogP contribution is -2.25. The van der Waals surface area contributed by atoms with Crippen LogP contribution in [0.5, 0.6) is 0 Å². The Morgan fingerprint density at radius 1 is 1.32 bits per heavy atom. The van der Waals surface area contributed by atoms with Gasteiger partial charge in [-0.1, -0.05) is 6.07 Å². The average molecular weight is 299 g/mol. The fourth-order valence-electron chi connectivity index (χ4n) is 3.09. The van der Waals surface area contributed by atoms with Crippen LogP contribution in [0, 0.1) is 12.8 Å². The van der Waals surface area contributed by atoms with Crippen LogP contribution in [0.4, 0.5) is 5.82 Å². The SMILES string of the molecule is Cc1cccc(NC[C@@H]2CCN(CCc3ccnn3C)C2)n1. The van der Waals surface area contributed by atoms with Gasteiger partial charge in [0.15, 0.2) is 0 Å². The monoisotopic (exact) mass is 299 g/mol. The first kappa shape index (κ1) is 15.0. The van der Waals surface area contributed by atoms with E-state index in [9.17, 15) is 0 Å². The molecule has 5 nitrogen and oxygen atoms in total. The first-order valence-electron chi connectivity index (χ1n) is 8.07. The number of aromatic nitrogens is 3. The van der Waals surface area contributed by atoms with Gasteiger partial charge in [-0.15, -0.1) is 0 Å². The fourth-order valence-corrected chi connectivity index (χ4v) is 3.09. The van der Waals surface area contributed by atoms with Crippen LogP contribution >= 0.6 is 0 Å². The number of hydrogen-bond donors (Lipinski definition) is 1. The summed E-state index contributed by atoms with van der Waals surface area (Å²) in [7, 11) is 2.01. The van der Waals surface area contributed by atoms with Gasteiger partial charge in [-0.2, -0.15) is 5.10 Å². The van der Waals surface area contributed by atoms with E-state index >= 15 is 0 Å². The minimum Gasteiger partial charge on any atom is -0.370 e. The second kappa shape index (κ2) is 6.92. The van der Waals surface area contributed by atoms with Crippen LogP contribution in [0.1, 0.15) is 17.8 Å². The van der Waals surface area contributed by atoms with E-state index in [1.54, 1.807) is 0 Å². The molecular weight excluding hydrogens is 274 g/mol. The van der Waals surface area contributed by atoms with Gasteiger partial charge >= 0.3 is 0 Å². The van der Waals surface area contributed by atoms with Crippen molar-refractivity contribution in [3.63, 3.8) is 0 Å². The molecule has 0 bridgehead atoms. The second-order valence-electron chi connectivity index (χ2n) is 6.20. The lowest BCUT2D eigenvalue weighted by molar-refractivity contribution is 0.328. The normalized spacial score (nSPS) is 18.7. The molecule has 1 fully saturated rings. The maximum absolute atomic E-state index is 4.50. The molecule has 1 aliphatic rings. The van der Waals surface area contributed by atoms with Crippen LogP contribution < -0.4 is 5.32 Å². The van der Waals surface area contributed by atoms with Crippen molar-refractivity contribution in [2.45, 2.75) is 19.8 Å². The van der Waals surface area contributed by atoms with Gasteiger partial charge in [0, 0.05) is 50.7 Å². The van der Waals surface area contributed by atoms with Gasteiger partial charge in [0.05, 0.1) is 0 Å². The van der Waals surface area contributed by atoms with Crippen LogP contribution in [0.15, 0.2) is 30.5 Å². The zero-order chi connectivity index (χ0) is 15.4. The molecular formula is C17H25N5. The average Bonchev–Trinajstić information content (AvgIpc) is 3.12. The van der Waals surface area contributed by atoms with E-state index in [-0.39, 0.29) is 0 Å². The maximum Gasteiger partial charge on any atom is 0.126 e. The van der Waals surface area contributed by atoms with Crippen molar-refractivity contribution in [3.8, 4) is 0 Å². The molecule has 2 aromatic rings. The number of aryl methyl sites for hydroxylation is 2. The first-order valence-corrected chi connectivity index (χ1v) is 8.07. The van der Waals surface area contributed by atoms with E-state index in [4.69, 9.17) is 0 Å². The molecule has 3 rings (SSSR count). The number of likely N-dealkylation sites (tertiary alicyclic amines) is 1. The Balaban J connectivity index is 1.41. The molecule has 1 atom stereocenters. The van der Waals surface area contributed by atoms with E-state index in [0.29, 0.717) is 5.92 Å². The summed E-state index contributed by atoms with van der Waals surface area (Å²) < 4.78 is 1.97. The van der Waals surface area contributed by atoms with E-state index < -0.39 is 0 Å². The van der Waals surface area contributed by atoms with Crippen molar-refractivity contribution in [2.24, 2.45) is 13.0 Å². The highest BCUT2D eigenvalue weighted by Gasteiger charge is 2.22. The van der Waals surface area contributed by atoms with Crippen LogP contribution in [0.25, 0.3) is 0 Å². The Kier molecular flexibility index (Phi) is 4.73. The summed E-state index contributed by atoms with van der Waals surface area (Å²) in [4.78, 5) is 7.06. The van der Waals surface area contributed by atoms with E-state index in [0.717, 1.165) is 31.0 Å². The quantitative estimate of drug-likeness (QED) is 0.887. The molecule has 0 saturated carbocycles. The number of nitrogens with one attached hydrogen (secondary N) is 1. The smallest absolute Gasteiger partial charge is 0.126 e. The molecule has 0 aromatic carbocycles. The van der Waals surface area contributed by atoms with Crippen LogP contribution in [0.3, 0.4) is 0 Å². The fraction of sp³-hybridized carbons (Fsp3) is 0.529. The van der Waals surface area contributed by atoms with Crippen molar-refractivity contribution in [1.82, 2.24) is 19.7 Å². The maximum atomic E-state index is 4.50. The zero-order valence-corrected chi connectivity index (χ0v) is 13.5. The summed E-state index contributed by atoms with van der Waals surface area (Å²) in [6.07, 6.45) is 4.22. The predicted molar refractivity (Wildman–Crippen MR) is 88.9 cm³/mol. The standard InChI is InChI=1S/C17H25N5/c1-14-4-3-5-17(20-14)18-12-15-7-10-22(13-15)11-8-16-6-9-19-21(16)2/h3-6,9,15H,7-8,10-13H2,1-2H3,(H,18,20)/t15-/m0/s1. The first-order chi connectivity index (χ1) is 10.7. The third-order valence-electron chi connectivity index (χ3n) is 4.44. The molecule has 0 amide bonds. The number of hydrogen-bond acceptors (Lipinski definition) is 4. The Labute approximate surface area is 132 Å². The van der Waals surface area contributed by atoms with Crippen molar-refractivity contribution >= 4 is 5.82 Å². The summed E-state index contributed by atoms with van der Waals surface area (Å²) in [6.45, 7) is 6.54. The third-order valence-corrected chi connectivity index (χ3v) is 4.44. The minimum atomic E-state index is 0.717. The van der Waals surface area contributed by atoms with Crippen LogP contribution in [-0.2, 0) is 13.5 Å². The number of pyridine rings is 1. The molecule has 0 unspecified atom stereocenters. The number of rotatable bonds is 6. The lowest BCUT2D eigenvalue weighted by atomic mass is 10.1. The summed E-state index contributed by atoms with van der Waals surface area (Å²) in [5, 5.41) is 7.70. The molecule has 0 aliphatic carbocycles. The topological polar surface area (TPSA) is 46.0 Å². The summed E-state index contributed by atoms with van der Waals surface area (Å²) >= 11 is 0. The molecule has 118 valence electrons. The Hall–Kier alpha value is -1.88. The molecule has 2 aromatic heterocycles. The van der Waals surface area contributed by atoms with Gasteiger partial charge in [0.2, 0.25) is 0 Å². The van der Waals surface area contributed by atoms with E-state index in [2.05, 4.69) is 32.4 Å². The van der Waals surface area contributed by atoms with Gasteiger partial charge in [0.25, 0.3) is 0 Å². The Morgan fingerprint density at radius 2 is 2.23 bits per heavy atom.